The fourth-order valence-corrected chi connectivity index (χ4v) is 1.59. The molecule has 1 N–H and O–H groups in total. The van der Waals surface area contributed by atoms with E-state index in [4.69, 9.17) is 4.52 Å². The highest BCUT2D eigenvalue weighted by atomic mass is 32.1. The van der Waals surface area contributed by atoms with E-state index in [1.54, 1.807) is 31.2 Å². The average Bonchev–Trinajstić information content (AvgIpc) is 2.76. The van der Waals surface area contributed by atoms with Gasteiger partial charge >= 0.3 is 0 Å². The van der Waals surface area contributed by atoms with E-state index in [1.807, 2.05) is 0 Å². The Labute approximate surface area is 110 Å². The molecule has 1 heterocycles. The molecule has 0 aliphatic heterocycles. The number of hydrogen-bond acceptors (Lipinski definition) is 5. The number of thiol groups is 1. The third-order valence-corrected chi connectivity index (χ3v) is 2.63. The lowest BCUT2D eigenvalue weighted by Crippen LogP contribution is -2.25. The summed E-state index contributed by atoms with van der Waals surface area (Å²) in [5, 5.41) is 6.54. The smallest absolute Gasteiger partial charge is 0.251 e. The Morgan fingerprint density at radius 3 is 2.72 bits per heavy atom. The molecule has 1 aromatic carbocycles. The Balaban J connectivity index is 1.83. The molecule has 1 aromatic heterocycles. The molecule has 1 amide bonds. The van der Waals surface area contributed by atoms with Crippen LogP contribution in [0.15, 0.2) is 33.7 Å². The van der Waals surface area contributed by atoms with Gasteiger partial charge in [0, 0.05) is 30.3 Å². The summed E-state index contributed by atoms with van der Waals surface area (Å²) in [5.74, 6) is 1.00. The van der Waals surface area contributed by atoms with Gasteiger partial charge in [-0.15, -0.1) is 12.6 Å². The standard InChI is InChI=1S/C12H13N3O2S/c1-8-14-11(15-17-8)6-7-13-12(16)9-2-4-10(18)5-3-9/h2-5,18H,6-7H2,1H3,(H,13,16). The van der Waals surface area contributed by atoms with Crippen LogP contribution in [0.2, 0.25) is 0 Å². The van der Waals surface area contributed by atoms with Crippen LogP contribution in [0.1, 0.15) is 22.1 Å². The number of benzene rings is 1. The third-order valence-electron chi connectivity index (χ3n) is 2.33. The normalized spacial score (nSPS) is 10.3. The van der Waals surface area contributed by atoms with Gasteiger partial charge in [-0.3, -0.25) is 4.79 Å². The fourth-order valence-electron chi connectivity index (χ4n) is 1.45. The predicted octanol–water partition coefficient (Wildman–Crippen LogP) is 1.64. The number of nitrogens with zero attached hydrogens (tertiary/aromatic N) is 2. The minimum atomic E-state index is -0.122. The minimum Gasteiger partial charge on any atom is -0.352 e. The zero-order valence-corrected chi connectivity index (χ0v) is 10.8. The Morgan fingerprint density at radius 1 is 1.39 bits per heavy atom. The first-order chi connectivity index (χ1) is 8.65. The average molecular weight is 263 g/mol. The first-order valence-corrected chi connectivity index (χ1v) is 5.96. The van der Waals surface area contributed by atoms with Gasteiger partial charge in [0.1, 0.15) is 0 Å². The molecule has 0 saturated heterocycles. The monoisotopic (exact) mass is 263 g/mol. The molecule has 0 atom stereocenters. The highest BCUT2D eigenvalue weighted by Gasteiger charge is 2.06. The number of carbonyl (C=O) groups excluding carboxylic acids is 1. The Kier molecular flexibility index (Phi) is 3.99. The van der Waals surface area contributed by atoms with Crippen molar-refractivity contribution < 1.29 is 9.32 Å². The molecule has 0 unspecified atom stereocenters. The van der Waals surface area contributed by atoms with Gasteiger partial charge in [0.15, 0.2) is 5.82 Å². The van der Waals surface area contributed by atoms with Crippen molar-refractivity contribution in [3.8, 4) is 0 Å². The van der Waals surface area contributed by atoms with Gasteiger partial charge in [-0.25, -0.2) is 0 Å². The number of carbonyl (C=O) groups is 1. The lowest BCUT2D eigenvalue weighted by Gasteiger charge is -2.03. The molecule has 0 bridgehead atoms. The Morgan fingerprint density at radius 2 is 2.11 bits per heavy atom. The van der Waals surface area contributed by atoms with Gasteiger partial charge in [-0.1, -0.05) is 5.16 Å². The van der Waals surface area contributed by atoms with Gasteiger partial charge in [0.05, 0.1) is 0 Å². The van der Waals surface area contributed by atoms with E-state index in [1.165, 1.54) is 0 Å². The lowest BCUT2D eigenvalue weighted by molar-refractivity contribution is 0.0954. The molecule has 0 fully saturated rings. The molecular weight excluding hydrogens is 250 g/mol. The van der Waals surface area contributed by atoms with E-state index in [0.29, 0.717) is 30.2 Å². The second kappa shape index (κ2) is 5.68. The topological polar surface area (TPSA) is 68.0 Å². The van der Waals surface area contributed by atoms with Crippen LogP contribution in [0.3, 0.4) is 0 Å². The molecule has 0 aliphatic rings. The van der Waals surface area contributed by atoms with Crippen molar-refractivity contribution in [3.05, 3.63) is 41.5 Å². The van der Waals surface area contributed by atoms with Crippen LogP contribution < -0.4 is 5.32 Å². The van der Waals surface area contributed by atoms with Gasteiger partial charge in [0.2, 0.25) is 5.89 Å². The van der Waals surface area contributed by atoms with Gasteiger partial charge < -0.3 is 9.84 Å². The van der Waals surface area contributed by atoms with Crippen LogP contribution in [-0.4, -0.2) is 22.6 Å². The molecule has 6 heteroatoms. The molecule has 0 saturated carbocycles. The zero-order chi connectivity index (χ0) is 13.0. The van der Waals surface area contributed by atoms with Crippen molar-refractivity contribution in [1.29, 1.82) is 0 Å². The van der Waals surface area contributed by atoms with E-state index in [-0.39, 0.29) is 5.91 Å². The molecule has 2 rings (SSSR count). The summed E-state index contributed by atoms with van der Waals surface area (Å²) in [5.41, 5.74) is 0.608. The SMILES string of the molecule is Cc1nc(CCNC(=O)c2ccc(S)cc2)no1. The number of hydrogen-bond donors (Lipinski definition) is 2. The molecule has 2 aromatic rings. The maximum atomic E-state index is 11.8. The Bertz CT molecular complexity index is 537. The van der Waals surface area contributed by atoms with Gasteiger partial charge in [-0.2, -0.15) is 4.98 Å². The summed E-state index contributed by atoms with van der Waals surface area (Å²) in [6.07, 6.45) is 0.549. The maximum absolute atomic E-state index is 11.8. The van der Waals surface area contributed by atoms with Crippen LogP contribution in [0.5, 0.6) is 0 Å². The molecular formula is C12H13N3O2S. The molecule has 5 nitrogen and oxygen atoms in total. The number of aryl methyl sites for hydroxylation is 1. The van der Waals surface area contributed by atoms with Crippen molar-refractivity contribution in [3.63, 3.8) is 0 Å². The summed E-state index contributed by atoms with van der Waals surface area (Å²) in [6.45, 7) is 2.20. The second-order valence-electron chi connectivity index (χ2n) is 3.78. The molecule has 94 valence electrons. The van der Waals surface area contributed by atoms with Crippen molar-refractivity contribution in [2.45, 2.75) is 18.2 Å². The van der Waals surface area contributed by atoms with E-state index in [0.717, 1.165) is 4.90 Å². The zero-order valence-electron chi connectivity index (χ0n) is 9.88. The van der Waals surface area contributed by atoms with Crippen LogP contribution in [0, 0.1) is 6.92 Å². The first kappa shape index (κ1) is 12.6. The van der Waals surface area contributed by atoms with Crippen LogP contribution >= 0.6 is 12.6 Å². The van der Waals surface area contributed by atoms with E-state index >= 15 is 0 Å². The molecule has 18 heavy (non-hydrogen) atoms. The highest BCUT2D eigenvalue weighted by molar-refractivity contribution is 7.80. The van der Waals surface area contributed by atoms with Crippen molar-refractivity contribution in [1.82, 2.24) is 15.5 Å². The van der Waals surface area contributed by atoms with E-state index in [9.17, 15) is 4.79 Å². The fraction of sp³-hybridized carbons (Fsp3) is 0.250. The first-order valence-electron chi connectivity index (χ1n) is 5.51. The number of rotatable bonds is 4. The highest BCUT2D eigenvalue weighted by Crippen LogP contribution is 2.07. The predicted molar refractivity (Wildman–Crippen MR) is 68.8 cm³/mol. The van der Waals surface area contributed by atoms with Gasteiger partial charge in [0.25, 0.3) is 5.91 Å². The lowest BCUT2D eigenvalue weighted by atomic mass is 10.2. The summed E-state index contributed by atoms with van der Waals surface area (Å²) < 4.78 is 4.84. The van der Waals surface area contributed by atoms with Crippen LogP contribution in [0.4, 0.5) is 0 Å². The van der Waals surface area contributed by atoms with Crippen molar-refractivity contribution >= 4 is 18.5 Å². The number of nitrogens with one attached hydrogen (secondary N) is 1. The summed E-state index contributed by atoms with van der Waals surface area (Å²) >= 11 is 4.16. The summed E-state index contributed by atoms with van der Waals surface area (Å²) in [4.78, 5) is 16.6. The van der Waals surface area contributed by atoms with Crippen LogP contribution in [-0.2, 0) is 6.42 Å². The summed E-state index contributed by atoms with van der Waals surface area (Å²) in [6, 6.07) is 7.02. The second-order valence-corrected chi connectivity index (χ2v) is 4.30. The largest absolute Gasteiger partial charge is 0.352 e. The quantitative estimate of drug-likeness (QED) is 0.823. The van der Waals surface area contributed by atoms with Crippen molar-refractivity contribution in [2.75, 3.05) is 6.54 Å². The van der Waals surface area contributed by atoms with Crippen molar-refractivity contribution in [2.24, 2.45) is 0 Å². The minimum absolute atomic E-state index is 0.122. The van der Waals surface area contributed by atoms with Gasteiger partial charge in [-0.05, 0) is 24.3 Å². The third kappa shape index (κ3) is 3.33. The molecule has 0 aliphatic carbocycles. The molecule has 0 radical (unpaired) electrons. The number of aromatic nitrogens is 2. The Hall–Kier alpha value is -1.82. The maximum Gasteiger partial charge on any atom is 0.251 e. The summed E-state index contributed by atoms with van der Waals surface area (Å²) in [7, 11) is 0. The van der Waals surface area contributed by atoms with Crippen LogP contribution in [0.25, 0.3) is 0 Å². The molecule has 0 spiro atoms. The van der Waals surface area contributed by atoms with E-state index < -0.39 is 0 Å². The number of amides is 1. The van der Waals surface area contributed by atoms with E-state index in [2.05, 4.69) is 28.1 Å².